The number of rotatable bonds is 1. The predicted octanol–water partition coefficient (Wildman–Crippen LogP) is -0.755. The monoisotopic (exact) mass is 129 g/mol. The van der Waals surface area contributed by atoms with Crippen LogP contribution in [0.4, 0.5) is 0 Å². The van der Waals surface area contributed by atoms with Crippen molar-refractivity contribution in [3.8, 4) is 0 Å². The van der Waals surface area contributed by atoms with Crippen LogP contribution in [0.2, 0.25) is 0 Å². The third-order valence-corrected chi connectivity index (χ3v) is 1.62. The molecule has 3 nitrogen and oxygen atoms in total. The summed E-state index contributed by atoms with van der Waals surface area (Å²) in [4.78, 5) is 2.02. The Kier molecular flexibility index (Phi) is 2.45. The van der Waals surface area contributed by atoms with Gasteiger partial charge in [0.25, 0.3) is 0 Å². The van der Waals surface area contributed by atoms with E-state index in [1.165, 1.54) is 0 Å². The van der Waals surface area contributed by atoms with Crippen LogP contribution in [-0.2, 0) is 0 Å². The van der Waals surface area contributed by atoms with Crippen molar-refractivity contribution in [2.24, 2.45) is 0 Å². The van der Waals surface area contributed by atoms with Crippen LogP contribution in [0.5, 0.6) is 0 Å². The molecule has 1 unspecified atom stereocenters. The summed E-state index contributed by atoms with van der Waals surface area (Å²) in [5.74, 6) is 0. The SMILES string of the molecule is CC(O)N1CC[N]CC1. The summed E-state index contributed by atoms with van der Waals surface area (Å²) in [6.45, 7) is 5.39. The van der Waals surface area contributed by atoms with Crippen molar-refractivity contribution >= 4 is 0 Å². The van der Waals surface area contributed by atoms with E-state index in [1.807, 2.05) is 4.90 Å². The van der Waals surface area contributed by atoms with Gasteiger partial charge in [0.2, 0.25) is 0 Å². The first-order valence-corrected chi connectivity index (χ1v) is 3.36. The molecule has 0 aromatic heterocycles. The number of piperazine rings is 1. The molecule has 3 heteroatoms. The Morgan fingerprint density at radius 3 is 2.33 bits per heavy atom. The molecule has 0 aliphatic carbocycles. The van der Waals surface area contributed by atoms with E-state index >= 15 is 0 Å². The molecule has 53 valence electrons. The van der Waals surface area contributed by atoms with Crippen LogP contribution < -0.4 is 5.32 Å². The summed E-state index contributed by atoms with van der Waals surface area (Å²) in [7, 11) is 0. The summed E-state index contributed by atoms with van der Waals surface area (Å²) in [6.07, 6.45) is -0.291. The third-order valence-electron chi connectivity index (χ3n) is 1.62. The van der Waals surface area contributed by atoms with Crippen molar-refractivity contribution in [1.29, 1.82) is 0 Å². The van der Waals surface area contributed by atoms with Crippen LogP contribution in [0.15, 0.2) is 0 Å². The minimum atomic E-state index is -0.291. The molecular formula is C6H13N2O. The topological polar surface area (TPSA) is 37.6 Å². The highest BCUT2D eigenvalue weighted by Gasteiger charge is 2.13. The van der Waals surface area contributed by atoms with Gasteiger partial charge in [-0.25, -0.2) is 5.32 Å². The summed E-state index contributed by atoms with van der Waals surface area (Å²) < 4.78 is 0. The first-order chi connectivity index (χ1) is 4.30. The molecule has 1 fully saturated rings. The number of aliphatic hydroxyl groups is 1. The highest BCUT2D eigenvalue weighted by Crippen LogP contribution is 1.96. The molecule has 0 aromatic rings. The molecule has 1 radical (unpaired) electrons. The fraction of sp³-hybridized carbons (Fsp3) is 1.00. The van der Waals surface area contributed by atoms with Gasteiger partial charge in [-0.1, -0.05) is 0 Å². The van der Waals surface area contributed by atoms with Crippen molar-refractivity contribution < 1.29 is 5.11 Å². The van der Waals surface area contributed by atoms with Gasteiger partial charge in [0.05, 0.1) is 0 Å². The first kappa shape index (κ1) is 6.99. The molecule has 1 aliphatic heterocycles. The quantitative estimate of drug-likeness (QED) is 0.505. The second-order valence-corrected chi connectivity index (χ2v) is 2.34. The molecule has 1 N–H and O–H groups in total. The van der Waals surface area contributed by atoms with Crippen LogP contribution in [0, 0.1) is 0 Å². The molecule has 0 aromatic carbocycles. The highest BCUT2D eigenvalue weighted by atomic mass is 16.3. The van der Waals surface area contributed by atoms with Gasteiger partial charge in [0, 0.05) is 26.2 Å². The van der Waals surface area contributed by atoms with Gasteiger partial charge >= 0.3 is 0 Å². The maximum Gasteiger partial charge on any atom is 0.104 e. The van der Waals surface area contributed by atoms with E-state index in [0.717, 1.165) is 26.2 Å². The largest absolute Gasteiger partial charge is 0.379 e. The van der Waals surface area contributed by atoms with Crippen LogP contribution in [-0.4, -0.2) is 42.4 Å². The molecule has 0 saturated carbocycles. The average Bonchev–Trinajstić information content (AvgIpc) is 1.90. The van der Waals surface area contributed by atoms with Crippen molar-refractivity contribution in [3.05, 3.63) is 0 Å². The lowest BCUT2D eigenvalue weighted by molar-refractivity contribution is 0.0106. The number of hydrogen-bond donors (Lipinski definition) is 1. The minimum Gasteiger partial charge on any atom is -0.379 e. The molecule has 1 atom stereocenters. The zero-order valence-corrected chi connectivity index (χ0v) is 5.75. The molecule has 1 aliphatic rings. The van der Waals surface area contributed by atoms with E-state index < -0.39 is 0 Å². The average molecular weight is 129 g/mol. The van der Waals surface area contributed by atoms with E-state index in [4.69, 9.17) is 5.11 Å². The normalized spacial score (nSPS) is 26.0. The first-order valence-electron chi connectivity index (χ1n) is 3.36. The van der Waals surface area contributed by atoms with E-state index in [-0.39, 0.29) is 6.23 Å². The fourth-order valence-corrected chi connectivity index (χ4v) is 0.996. The smallest absolute Gasteiger partial charge is 0.104 e. The van der Waals surface area contributed by atoms with Gasteiger partial charge in [-0.05, 0) is 6.92 Å². The molecule has 1 saturated heterocycles. The number of nitrogens with zero attached hydrogens (tertiary/aromatic N) is 2. The summed E-state index contributed by atoms with van der Waals surface area (Å²) in [5, 5.41) is 13.2. The standard InChI is InChI=1S/C6H13N2O/c1-6(9)8-4-2-7-3-5-8/h6,9H,2-5H2,1H3. The molecular weight excluding hydrogens is 116 g/mol. The van der Waals surface area contributed by atoms with E-state index in [2.05, 4.69) is 5.32 Å². The van der Waals surface area contributed by atoms with Crippen LogP contribution in [0.1, 0.15) is 6.92 Å². The van der Waals surface area contributed by atoms with E-state index in [0.29, 0.717) is 0 Å². The Balaban J connectivity index is 2.23. The summed E-state index contributed by atoms with van der Waals surface area (Å²) in [6, 6.07) is 0. The van der Waals surface area contributed by atoms with E-state index in [9.17, 15) is 0 Å². The Labute approximate surface area is 55.7 Å². The second kappa shape index (κ2) is 3.15. The summed E-state index contributed by atoms with van der Waals surface area (Å²) >= 11 is 0. The van der Waals surface area contributed by atoms with Gasteiger partial charge in [-0.3, -0.25) is 4.90 Å². The highest BCUT2D eigenvalue weighted by molar-refractivity contribution is 4.66. The molecule has 1 heterocycles. The van der Waals surface area contributed by atoms with Gasteiger partial charge in [-0.15, -0.1) is 0 Å². The van der Waals surface area contributed by atoms with Crippen molar-refractivity contribution in [1.82, 2.24) is 10.2 Å². The molecule has 0 bridgehead atoms. The fourth-order valence-electron chi connectivity index (χ4n) is 0.996. The summed E-state index contributed by atoms with van der Waals surface area (Å²) in [5.41, 5.74) is 0. The maximum absolute atomic E-state index is 9.06. The van der Waals surface area contributed by atoms with Crippen LogP contribution in [0.25, 0.3) is 0 Å². The molecule has 0 amide bonds. The Morgan fingerprint density at radius 1 is 1.44 bits per heavy atom. The minimum absolute atomic E-state index is 0.291. The van der Waals surface area contributed by atoms with Gasteiger partial charge in [0.15, 0.2) is 0 Å². The lowest BCUT2D eigenvalue weighted by Crippen LogP contribution is -2.44. The Bertz CT molecular complexity index is 79.1. The van der Waals surface area contributed by atoms with Crippen LogP contribution >= 0.6 is 0 Å². The second-order valence-electron chi connectivity index (χ2n) is 2.34. The number of hydrogen-bond acceptors (Lipinski definition) is 2. The lowest BCUT2D eigenvalue weighted by atomic mass is 10.3. The Morgan fingerprint density at radius 2 is 2.00 bits per heavy atom. The van der Waals surface area contributed by atoms with Gasteiger partial charge in [0.1, 0.15) is 6.23 Å². The van der Waals surface area contributed by atoms with Crippen molar-refractivity contribution in [3.63, 3.8) is 0 Å². The van der Waals surface area contributed by atoms with Crippen LogP contribution in [0.3, 0.4) is 0 Å². The molecule has 1 rings (SSSR count). The van der Waals surface area contributed by atoms with E-state index in [1.54, 1.807) is 6.92 Å². The molecule has 9 heavy (non-hydrogen) atoms. The number of aliphatic hydroxyl groups excluding tert-OH is 1. The maximum atomic E-state index is 9.06. The molecule has 0 spiro atoms. The third kappa shape index (κ3) is 1.93. The van der Waals surface area contributed by atoms with Crippen molar-refractivity contribution in [2.45, 2.75) is 13.2 Å². The zero-order valence-electron chi connectivity index (χ0n) is 5.75. The predicted molar refractivity (Wildman–Crippen MR) is 35.1 cm³/mol. The Hall–Kier alpha value is -0.120. The zero-order chi connectivity index (χ0) is 6.69. The van der Waals surface area contributed by atoms with Gasteiger partial charge in [-0.2, -0.15) is 0 Å². The van der Waals surface area contributed by atoms with Gasteiger partial charge < -0.3 is 5.11 Å². The lowest BCUT2D eigenvalue weighted by Gasteiger charge is -2.28. The van der Waals surface area contributed by atoms with Crippen molar-refractivity contribution in [2.75, 3.05) is 26.2 Å².